The zero-order valence-corrected chi connectivity index (χ0v) is 41.2. The van der Waals surface area contributed by atoms with E-state index >= 15 is 0 Å². The molecule has 0 aromatic rings. The minimum atomic E-state index is 1.37. The molecular weight excluding hydrogens is 687 g/mol. The van der Waals surface area contributed by atoms with E-state index in [-0.39, 0.29) is 0 Å². The van der Waals surface area contributed by atoms with Gasteiger partial charge in [-0.15, -0.1) is 0 Å². The van der Waals surface area contributed by atoms with Crippen LogP contribution in [0.3, 0.4) is 0 Å². The Hall–Kier alpha value is -0.0400. The molecule has 0 aliphatic rings. The van der Waals surface area contributed by atoms with Crippen LogP contribution in [0.25, 0.3) is 0 Å². The van der Waals surface area contributed by atoms with Gasteiger partial charge in [0, 0.05) is 0 Å². The molecule has 0 radical (unpaired) electrons. The summed E-state index contributed by atoms with van der Waals surface area (Å²) in [4.78, 5) is 0. The van der Waals surface area contributed by atoms with Gasteiger partial charge in [0.1, 0.15) is 0 Å². The third-order valence-corrected chi connectivity index (χ3v) is 13.9. The molecule has 0 aliphatic heterocycles. The van der Waals surface area contributed by atoms with E-state index in [2.05, 4.69) is 27.7 Å². The summed E-state index contributed by atoms with van der Waals surface area (Å²) in [5, 5.41) is 0. The molecular formula is C56H116N+. The van der Waals surface area contributed by atoms with Crippen molar-refractivity contribution in [3.8, 4) is 0 Å². The number of hydrogen-bond acceptors (Lipinski definition) is 0. The number of nitrogens with zero attached hydrogens (tertiary/aromatic N) is 1. The van der Waals surface area contributed by atoms with Gasteiger partial charge in [-0.3, -0.25) is 0 Å². The van der Waals surface area contributed by atoms with Crippen LogP contribution in [0.15, 0.2) is 0 Å². The number of quaternary nitrogens is 1. The zero-order valence-electron chi connectivity index (χ0n) is 41.2. The van der Waals surface area contributed by atoms with E-state index < -0.39 is 0 Å². The van der Waals surface area contributed by atoms with E-state index in [4.69, 9.17) is 0 Å². The summed E-state index contributed by atoms with van der Waals surface area (Å²) in [6, 6.07) is 0. The Morgan fingerprint density at radius 3 is 0.368 bits per heavy atom. The summed E-state index contributed by atoms with van der Waals surface area (Å²) < 4.78 is 1.49. The van der Waals surface area contributed by atoms with E-state index in [1.807, 2.05) is 0 Å². The first-order chi connectivity index (χ1) is 28.2. The molecule has 0 rings (SSSR count). The van der Waals surface area contributed by atoms with Crippen molar-refractivity contribution in [1.82, 2.24) is 0 Å². The highest BCUT2D eigenvalue weighted by molar-refractivity contribution is 4.57. The molecule has 0 unspecified atom stereocenters. The molecule has 1 nitrogen and oxygen atoms in total. The van der Waals surface area contributed by atoms with Crippen LogP contribution in [0.4, 0.5) is 0 Å². The topological polar surface area (TPSA) is 0 Å². The average Bonchev–Trinajstić information content (AvgIpc) is 3.22. The third-order valence-electron chi connectivity index (χ3n) is 13.9. The summed E-state index contributed by atoms with van der Waals surface area (Å²) in [5.41, 5.74) is 0. The fraction of sp³-hybridized carbons (Fsp3) is 1.00. The lowest BCUT2D eigenvalue weighted by atomic mass is 10.0. The molecule has 0 aliphatic carbocycles. The molecule has 0 heterocycles. The Balaban J connectivity index is 4.91. The summed E-state index contributed by atoms with van der Waals surface area (Å²) in [7, 11) is 0. The standard InChI is InChI=1S/C56H116N/c1-5-9-13-17-21-25-29-33-37-41-45-49-53-57(54-50-46-42-38-34-30-26-22-18-14-10-6-2,55-51-47-43-39-35-31-27-23-19-15-11-7-3)56-52-48-44-40-36-32-28-24-20-16-12-8-4/h5-56H2,1-4H3/q+1. The monoisotopic (exact) mass is 803 g/mol. The van der Waals surface area contributed by atoms with Gasteiger partial charge in [-0.25, -0.2) is 0 Å². The molecule has 0 spiro atoms. The van der Waals surface area contributed by atoms with Gasteiger partial charge in [0.2, 0.25) is 0 Å². The minimum absolute atomic E-state index is 1.37. The first-order valence-electron chi connectivity index (χ1n) is 28.1. The summed E-state index contributed by atoms with van der Waals surface area (Å²) in [5.74, 6) is 0. The van der Waals surface area contributed by atoms with E-state index in [0.29, 0.717) is 0 Å². The van der Waals surface area contributed by atoms with Gasteiger partial charge in [0.25, 0.3) is 0 Å². The van der Waals surface area contributed by atoms with Crippen LogP contribution in [0.2, 0.25) is 0 Å². The molecule has 0 bridgehead atoms. The molecule has 0 aromatic heterocycles. The maximum atomic E-state index is 2.33. The van der Waals surface area contributed by atoms with E-state index in [9.17, 15) is 0 Å². The van der Waals surface area contributed by atoms with Crippen LogP contribution < -0.4 is 0 Å². The first kappa shape index (κ1) is 57.0. The lowest BCUT2D eigenvalue weighted by Gasteiger charge is -2.40. The van der Waals surface area contributed by atoms with Crippen molar-refractivity contribution in [2.45, 2.75) is 336 Å². The maximum Gasteiger partial charge on any atom is 0.0786 e. The van der Waals surface area contributed by atoms with Gasteiger partial charge in [0.05, 0.1) is 26.2 Å². The van der Waals surface area contributed by atoms with Crippen molar-refractivity contribution in [3.63, 3.8) is 0 Å². The second-order valence-electron chi connectivity index (χ2n) is 19.8. The van der Waals surface area contributed by atoms with Crippen molar-refractivity contribution in [1.29, 1.82) is 0 Å². The normalized spacial score (nSPS) is 12.0. The molecule has 0 fully saturated rings. The number of unbranched alkanes of at least 4 members (excludes halogenated alkanes) is 44. The van der Waals surface area contributed by atoms with Crippen molar-refractivity contribution in [2.24, 2.45) is 0 Å². The fourth-order valence-electron chi connectivity index (χ4n) is 9.82. The lowest BCUT2D eigenvalue weighted by molar-refractivity contribution is -0.929. The molecule has 0 atom stereocenters. The molecule has 57 heavy (non-hydrogen) atoms. The smallest absolute Gasteiger partial charge is 0.0786 e. The van der Waals surface area contributed by atoms with Crippen LogP contribution in [0, 0.1) is 0 Å². The van der Waals surface area contributed by atoms with Crippen molar-refractivity contribution >= 4 is 0 Å². The first-order valence-corrected chi connectivity index (χ1v) is 28.1. The summed E-state index contributed by atoms with van der Waals surface area (Å²) in [6.07, 6.45) is 70.7. The number of rotatable bonds is 52. The Bertz CT molecular complexity index is 567. The highest BCUT2D eigenvalue weighted by atomic mass is 15.3. The van der Waals surface area contributed by atoms with Gasteiger partial charge in [0.15, 0.2) is 0 Å². The van der Waals surface area contributed by atoms with Gasteiger partial charge >= 0.3 is 0 Å². The second kappa shape index (κ2) is 50.3. The van der Waals surface area contributed by atoms with Gasteiger partial charge in [-0.2, -0.15) is 0 Å². The predicted octanol–water partition coefficient (Wildman–Crippen LogP) is 20.6. The molecule has 0 N–H and O–H groups in total. The molecule has 0 amide bonds. The lowest BCUT2D eigenvalue weighted by Crippen LogP contribution is -2.50. The third kappa shape index (κ3) is 45.3. The minimum Gasteiger partial charge on any atom is -0.324 e. The van der Waals surface area contributed by atoms with Gasteiger partial charge in [-0.05, 0) is 51.4 Å². The Morgan fingerprint density at radius 2 is 0.246 bits per heavy atom. The molecule has 0 saturated heterocycles. The Kier molecular flexibility index (Phi) is 50.3. The quantitative estimate of drug-likeness (QED) is 0.0424. The molecule has 344 valence electrons. The highest BCUT2D eigenvalue weighted by Crippen LogP contribution is 2.22. The maximum absolute atomic E-state index is 2.33. The van der Waals surface area contributed by atoms with Crippen LogP contribution in [-0.2, 0) is 0 Å². The highest BCUT2D eigenvalue weighted by Gasteiger charge is 2.25. The molecule has 0 aromatic carbocycles. The van der Waals surface area contributed by atoms with Gasteiger partial charge in [-0.1, -0.05) is 285 Å². The zero-order chi connectivity index (χ0) is 41.3. The van der Waals surface area contributed by atoms with Crippen LogP contribution >= 0.6 is 0 Å². The van der Waals surface area contributed by atoms with Crippen molar-refractivity contribution in [3.05, 3.63) is 0 Å². The van der Waals surface area contributed by atoms with Crippen LogP contribution in [-0.4, -0.2) is 30.7 Å². The van der Waals surface area contributed by atoms with E-state index in [0.717, 1.165) is 0 Å². The van der Waals surface area contributed by atoms with Crippen LogP contribution in [0.1, 0.15) is 336 Å². The largest absolute Gasteiger partial charge is 0.324 e. The van der Waals surface area contributed by atoms with E-state index in [1.165, 1.54) is 339 Å². The molecule has 0 saturated carbocycles. The Labute approximate surface area is 365 Å². The fourth-order valence-corrected chi connectivity index (χ4v) is 9.82. The van der Waals surface area contributed by atoms with Crippen molar-refractivity contribution < 1.29 is 4.48 Å². The second-order valence-corrected chi connectivity index (χ2v) is 19.8. The predicted molar refractivity (Wildman–Crippen MR) is 264 cm³/mol. The summed E-state index contributed by atoms with van der Waals surface area (Å²) in [6.45, 7) is 15.3. The van der Waals surface area contributed by atoms with Crippen LogP contribution in [0.5, 0.6) is 0 Å². The summed E-state index contributed by atoms with van der Waals surface area (Å²) >= 11 is 0. The Morgan fingerprint density at radius 1 is 0.140 bits per heavy atom. The van der Waals surface area contributed by atoms with E-state index in [1.54, 1.807) is 0 Å². The van der Waals surface area contributed by atoms with Crippen molar-refractivity contribution in [2.75, 3.05) is 26.2 Å². The molecule has 1 heteroatoms. The average molecular weight is 804 g/mol. The number of hydrogen-bond donors (Lipinski definition) is 0. The SMILES string of the molecule is CCCCCCCCCCCCCC[N+](CCCCCCCCCCCCCC)(CCCCCCCCCCCCCC)CCCCCCCCCCCCCC. The van der Waals surface area contributed by atoms with Gasteiger partial charge < -0.3 is 4.48 Å².